The molecule has 28 heavy (non-hydrogen) atoms. The number of ether oxygens (including phenoxy) is 2. The van der Waals surface area contributed by atoms with Crippen molar-refractivity contribution >= 4 is 5.96 Å². The van der Waals surface area contributed by atoms with E-state index in [4.69, 9.17) is 19.0 Å². The molecule has 0 spiro atoms. The number of guanidine groups is 1. The molecular formula is C21H32N4O3. The number of hydrogen-bond donors (Lipinski definition) is 1. The van der Waals surface area contributed by atoms with Crippen LogP contribution in [0.1, 0.15) is 36.8 Å². The fourth-order valence-corrected chi connectivity index (χ4v) is 3.06. The molecule has 1 unspecified atom stereocenters. The Kier molecular flexibility index (Phi) is 8.17. The molecule has 1 N–H and O–H groups in total. The molecule has 1 aromatic carbocycles. The molecule has 0 amide bonds. The van der Waals surface area contributed by atoms with Crippen LogP contribution in [-0.2, 0) is 0 Å². The lowest BCUT2D eigenvalue weighted by Gasteiger charge is -2.22. The van der Waals surface area contributed by atoms with Gasteiger partial charge in [-0.15, -0.1) is 0 Å². The zero-order chi connectivity index (χ0) is 20.5. The number of aliphatic imine (C=N–C) groups is 1. The van der Waals surface area contributed by atoms with Crippen molar-refractivity contribution in [3.05, 3.63) is 41.3 Å². The van der Waals surface area contributed by atoms with E-state index in [1.54, 1.807) is 7.11 Å². The molecule has 7 nitrogen and oxygen atoms in total. The largest absolute Gasteiger partial charge is 0.497 e. The monoisotopic (exact) mass is 388 g/mol. The number of benzene rings is 1. The van der Waals surface area contributed by atoms with Gasteiger partial charge >= 0.3 is 0 Å². The lowest BCUT2D eigenvalue weighted by atomic mass is 10.00. The first-order valence-electron chi connectivity index (χ1n) is 9.65. The zero-order valence-electron chi connectivity index (χ0n) is 17.8. The zero-order valence-corrected chi connectivity index (χ0v) is 17.8. The van der Waals surface area contributed by atoms with E-state index >= 15 is 0 Å². The van der Waals surface area contributed by atoms with Crippen LogP contribution in [0.15, 0.2) is 33.8 Å². The summed E-state index contributed by atoms with van der Waals surface area (Å²) in [6.07, 6.45) is 0. The highest BCUT2D eigenvalue weighted by atomic mass is 16.5. The van der Waals surface area contributed by atoms with E-state index in [1.807, 2.05) is 45.2 Å². The molecule has 2 aromatic rings. The van der Waals surface area contributed by atoms with Crippen molar-refractivity contribution < 1.29 is 14.0 Å². The second-order valence-corrected chi connectivity index (χ2v) is 6.78. The van der Waals surface area contributed by atoms with Crippen molar-refractivity contribution in [1.29, 1.82) is 0 Å². The number of nitrogens with one attached hydrogen (secondary N) is 1. The molecule has 0 bridgehead atoms. The third kappa shape index (κ3) is 5.90. The molecule has 0 aliphatic heterocycles. The maximum atomic E-state index is 5.82. The van der Waals surface area contributed by atoms with Crippen molar-refractivity contribution in [2.24, 2.45) is 4.99 Å². The van der Waals surface area contributed by atoms with Crippen LogP contribution in [0.25, 0.3) is 0 Å². The minimum Gasteiger partial charge on any atom is -0.497 e. The van der Waals surface area contributed by atoms with Crippen molar-refractivity contribution in [3.63, 3.8) is 0 Å². The van der Waals surface area contributed by atoms with Gasteiger partial charge in [-0.05, 0) is 45.0 Å². The Labute approximate surface area is 167 Å². The Morgan fingerprint density at radius 2 is 1.93 bits per heavy atom. The molecule has 0 aliphatic carbocycles. The summed E-state index contributed by atoms with van der Waals surface area (Å²) in [5.74, 6) is 3.61. The molecule has 7 heteroatoms. The van der Waals surface area contributed by atoms with Crippen molar-refractivity contribution in [1.82, 2.24) is 15.4 Å². The maximum absolute atomic E-state index is 5.82. The first-order chi connectivity index (χ1) is 13.5. The number of hydrogen-bond acceptors (Lipinski definition) is 5. The number of rotatable bonds is 9. The number of nitrogens with zero attached hydrogens (tertiary/aromatic N) is 3. The number of likely N-dealkylation sites (N-methyl/N-ethyl adjacent to an activating group) is 1. The van der Waals surface area contributed by atoms with E-state index in [-0.39, 0.29) is 5.92 Å². The highest BCUT2D eigenvalue weighted by Gasteiger charge is 2.16. The Bertz CT molecular complexity index is 736. The van der Waals surface area contributed by atoms with Gasteiger partial charge in [-0.1, -0.05) is 12.1 Å². The van der Waals surface area contributed by atoms with Gasteiger partial charge in [-0.3, -0.25) is 4.99 Å². The van der Waals surface area contributed by atoms with Gasteiger partial charge in [0.2, 0.25) is 0 Å². The van der Waals surface area contributed by atoms with Crippen LogP contribution in [0.3, 0.4) is 0 Å². The summed E-state index contributed by atoms with van der Waals surface area (Å²) < 4.78 is 16.3. The van der Waals surface area contributed by atoms with Gasteiger partial charge in [-0.25, -0.2) is 0 Å². The van der Waals surface area contributed by atoms with Crippen molar-refractivity contribution in [2.45, 2.75) is 33.6 Å². The lowest BCUT2D eigenvalue weighted by molar-refractivity contribution is 0.281. The van der Waals surface area contributed by atoms with E-state index in [9.17, 15) is 0 Å². The standard InChI is InChI=1S/C21H32N4O3/c1-7-22-21(23-14-15(2)20-16(3)24-28-17(20)4)25(5)12-13-27-19-10-8-18(26-6)9-11-19/h8-11,15H,7,12-14H2,1-6H3,(H,22,23). The molecule has 1 aromatic heterocycles. The van der Waals surface area contributed by atoms with Crippen LogP contribution in [0.2, 0.25) is 0 Å². The number of aromatic nitrogens is 1. The van der Waals surface area contributed by atoms with Crippen molar-refractivity contribution in [2.75, 3.05) is 40.4 Å². The van der Waals surface area contributed by atoms with Gasteiger partial charge in [0.1, 0.15) is 23.9 Å². The predicted octanol–water partition coefficient (Wildman–Crippen LogP) is 3.38. The van der Waals surface area contributed by atoms with Gasteiger partial charge in [-0.2, -0.15) is 0 Å². The molecule has 2 rings (SSSR count). The Balaban J connectivity index is 1.90. The van der Waals surface area contributed by atoms with Crippen LogP contribution in [0.4, 0.5) is 0 Å². The second kappa shape index (κ2) is 10.6. The summed E-state index contributed by atoms with van der Waals surface area (Å²) in [6, 6.07) is 7.59. The molecular weight excluding hydrogens is 356 g/mol. The van der Waals surface area contributed by atoms with Crippen molar-refractivity contribution in [3.8, 4) is 11.5 Å². The first-order valence-corrected chi connectivity index (χ1v) is 9.65. The minimum atomic E-state index is 0.240. The maximum Gasteiger partial charge on any atom is 0.193 e. The van der Waals surface area contributed by atoms with Crippen LogP contribution in [0.5, 0.6) is 11.5 Å². The van der Waals surface area contributed by atoms with Gasteiger partial charge < -0.3 is 24.2 Å². The lowest BCUT2D eigenvalue weighted by Crippen LogP contribution is -2.41. The number of methoxy groups -OCH3 is 1. The topological polar surface area (TPSA) is 72.1 Å². The normalized spacial score (nSPS) is 12.6. The summed E-state index contributed by atoms with van der Waals surface area (Å²) in [7, 11) is 3.67. The smallest absolute Gasteiger partial charge is 0.193 e. The van der Waals surface area contributed by atoms with E-state index in [0.29, 0.717) is 13.2 Å². The molecule has 0 saturated heterocycles. The van der Waals surface area contributed by atoms with Gasteiger partial charge in [0.05, 0.1) is 19.3 Å². The van der Waals surface area contributed by atoms with E-state index in [1.165, 1.54) is 0 Å². The minimum absolute atomic E-state index is 0.240. The highest BCUT2D eigenvalue weighted by Crippen LogP contribution is 2.23. The molecule has 0 fully saturated rings. The second-order valence-electron chi connectivity index (χ2n) is 6.78. The van der Waals surface area contributed by atoms with E-state index < -0.39 is 0 Å². The third-order valence-electron chi connectivity index (χ3n) is 4.55. The molecule has 1 heterocycles. The molecule has 0 saturated carbocycles. The van der Waals surface area contributed by atoms with Crippen LogP contribution in [-0.4, -0.2) is 56.4 Å². The highest BCUT2D eigenvalue weighted by molar-refractivity contribution is 5.79. The van der Waals surface area contributed by atoms with Crippen LogP contribution >= 0.6 is 0 Å². The quantitative estimate of drug-likeness (QED) is 0.524. The third-order valence-corrected chi connectivity index (χ3v) is 4.55. The van der Waals surface area contributed by atoms with E-state index in [2.05, 4.69) is 29.2 Å². The van der Waals surface area contributed by atoms with Gasteiger partial charge in [0.15, 0.2) is 5.96 Å². The molecule has 0 aliphatic rings. The summed E-state index contributed by atoms with van der Waals surface area (Å²) in [6.45, 7) is 10.9. The van der Waals surface area contributed by atoms with E-state index in [0.717, 1.165) is 47.6 Å². The Morgan fingerprint density at radius 1 is 1.25 bits per heavy atom. The SMILES string of the molecule is CCNC(=NCC(C)c1c(C)noc1C)N(C)CCOc1ccc(OC)cc1. The fraction of sp³-hybridized carbons (Fsp3) is 0.524. The van der Waals surface area contributed by atoms with Gasteiger partial charge in [0.25, 0.3) is 0 Å². The Hall–Kier alpha value is -2.70. The van der Waals surface area contributed by atoms with Gasteiger partial charge in [0, 0.05) is 31.6 Å². The van der Waals surface area contributed by atoms with Crippen LogP contribution < -0.4 is 14.8 Å². The first kappa shape index (κ1) is 21.6. The summed E-state index contributed by atoms with van der Waals surface area (Å²) in [5.41, 5.74) is 2.08. The molecule has 154 valence electrons. The fourth-order valence-electron chi connectivity index (χ4n) is 3.06. The summed E-state index contributed by atoms with van der Waals surface area (Å²) >= 11 is 0. The summed E-state index contributed by atoms with van der Waals surface area (Å²) in [5, 5.41) is 7.38. The predicted molar refractivity (Wildman–Crippen MR) is 111 cm³/mol. The molecule has 0 radical (unpaired) electrons. The molecule has 1 atom stereocenters. The number of aryl methyl sites for hydroxylation is 2. The Morgan fingerprint density at radius 3 is 2.50 bits per heavy atom. The summed E-state index contributed by atoms with van der Waals surface area (Å²) in [4.78, 5) is 6.87. The average molecular weight is 389 g/mol. The van der Waals surface area contributed by atoms with Crippen LogP contribution in [0, 0.1) is 13.8 Å². The average Bonchev–Trinajstić information content (AvgIpc) is 3.03.